The molecule has 1 rings (SSSR count). The Morgan fingerprint density at radius 1 is 1.29 bits per heavy atom. The smallest absolute Gasteiger partial charge is 0.446 e. The second kappa shape index (κ2) is 3.98. The van der Waals surface area contributed by atoms with E-state index in [2.05, 4.69) is 15.9 Å². The van der Waals surface area contributed by atoms with Crippen molar-refractivity contribution in [1.29, 1.82) is 0 Å². The molecule has 0 unspecified atom stereocenters. The summed E-state index contributed by atoms with van der Waals surface area (Å²) < 4.78 is 48.3. The van der Waals surface area contributed by atoms with E-state index in [1.807, 2.05) is 0 Å². The molecule has 0 heterocycles. The van der Waals surface area contributed by atoms with Crippen LogP contribution in [0.5, 0.6) is 5.75 Å². The number of phenols is 1. The standard InChI is InChI=1S/C7H3BrF4OS/c8-4-1-3(14-7(10,11)12)2-5(9)6(4)13/h1-2,13H. The van der Waals surface area contributed by atoms with Crippen LogP contribution in [0, 0.1) is 5.82 Å². The zero-order chi connectivity index (χ0) is 10.9. The van der Waals surface area contributed by atoms with Crippen LogP contribution in [-0.4, -0.2) is 10.6 Å². The van der Waals surface area contributed by atoms with Gasteiger partial charge in [0.1, 0.15) is 0 Å². The van der Waals surface area contributed by atoms with Crippen molar-refractivity contribution in [3.05, 3.63) is 22.4 Å². The lowest BCUT2D eigenvalue weighted by Crippen LogP contribution is -1.99. The first kappa shape index (κ1) is 11.6. The van der Waals surface area contributed by atoms with E-state index in [0.29, 0.717) is 6.07 Å². The third-order valence-electron chi connectivity index (χ3n) is 1.22. The summed E-state index contributed by atoms with van der Waals surface area (Å²) in [6, 6.07) is 1.62. The highest BCUT2D eigenvalue weighted by molar-refractivity contribution is 9.10. The van der Waals surface area contributed by atoms with Gasteiger partial charge in [0.15, 0.2) is 11.6 Å². The Hall–Kier alpha value is -0.430. The van der Waals surface area contributed by atoms with Crippen molar-refractivity contribution < 1.29 is 22.7 Å². The fourth-order valence-electron chi connectivity index (χ4n) is 0.735. The average molecular weight is 291 g/mol. The Kier molecular flexibility index (Phi) is 3.31. The van der Waals surface area contributed by atoms with Crippen molar-refractivity contribution in [1.82, 2.24) is 0 Å². The molecule has 1 N–H and O–H groups in total. The predicted molar refractivity (Wildman–Crippen MR) is 47.7 cm³/mol. The Bertz CT molecular complexity index is 329. The SMILES string of the molecule is Oc1c(F)cc(SC(F)(F)F)cc1Br. The number of rotatable bonds is 1. The normalized spacial score (nSPS) is 11.8. The van der Waals surface area contributed by atoms with Crippen LogP contribution in [0.25, 0.3) is 0 Å². The van der Waals surface area contributed by atoms with Gasteiger partial charge in [-0.25, -0.2) is 4.39 Å². The van der Waals surface area contributed by atoms with Crippen LogP contribution < -0.4 is 0 Å². The van der Waals surface area contributed by atoms with E-state index in [4.69, 9.17) is 5.11 Å². The van der Waals surface area contributed by atoms with Crippen molar-refractivity contribution in [2.45, 2.75) is 10.4 Å². The highest BCUT2D eigenvalue weighted by Gasteiger charge is 2.29. The zero-order valence-electron chi connectivity index (χ0n) is 6.40. The van der Waals surface area contributed by atoms with Crippen LogP contribution in [0.15, 0.2) is 21.5 Å². The lowest BCUT2D eigenvalue weighted by molar-refractivity contribution is -0.0328. The van der Waals surface area contributed by atoms with Crippen molar-refractivity contribution in [2.24, 2.45) is 0 Å². The van der Waals surface area contributed by atoms with Gasteiger partial charge in [-0.1, -0.05) is 0 Å². The topological polar surface area (TPSA) is 20.2 Å². The van der Waals surface area contributed by atoms with Gasteiger partial charge in [-0.2, -0.15) is 13.2 Å². The summed E-state index contributed by atoms with van der Waals surface area (Å²) in [6.45, 7) is 0. The Balaban J connectivity index is 3.02. The van der Waals surface area contributed by atoms with Crippen molar-refractivity contribution in [3.8, 4) is 5.75 Å². The molecule has 0 bridgehead atoms. The number of phenolic OH excluding ortho intramolecular Hbond substituents is 1. The van der Waals surface area contributed by atoms with E-state index in [0.717, 1.165) is 6.07 Å². The third kappa shape index (κ3) is 3.06. The molecule has 0 saturated heterocycles. The number of halogens is 5. The van der Waals surface area contributed by atoms with E-state index < -0.39 is 28.8 Å². The first-order valence-corrected chi connectivity index (χ1v) is 4.84. The minimum Gasteiger partial charge on any atom is -0.504 e. The molecular weight excluding hydrogens is 288 g/mol. The fraction of sp³-hybridized carbons (Fsp3) is 0.143. The number of hydrogen-bond acceptors (Lipinski definition) is 2. The maximum Gasteiger partial charge on any atom is 0.446 e. The number of thioether (sulfide) groups is 1. The van der Waals surface area contributed by atoms with E-state index in [9.17, 15) is 17.6 Å². The zero-order valence-corrected chi connectivity index (χ0v) is 8.80. The Labute approximate surface area is 89.2 Å². The van der Waals surface area contributed by atoms with Gasteiger partial charge < -0.3 is 5.11 Å². The molecule has 0 atom stereocenters. The van der Waals surface area contributed by atoms with Gasteiger partial charge in [-0.3, -0.25) is 0 Å². The molecule has 7 heteroatoms. The summed E-state index contributed by atoms with van der Waals surface area (Å²) in [7, 11) is 0. The molecule has 0 spiro atoms. The van der Waals surface area contributed by atoms with Crippen molar-refractivity contribution in [3.63, 3.8) is 0 Å². The molecule has 1 nitrogen and oxygen atoms in total. The first-order chi connectivity index (χ1) is 6.29. The number of hydrogen-bond donors (Lipinski definition) is 1. The number of benzene rings is 1. The van der Waals surface area contributed by atoms with Crippen LogP contribution >= 0.6 is 27.7 Å². The number of aromatic hydroxyl groups is 1. The average Bonchev–Trinajstić information content (AvgIpc) is 1.96. The van der Waals surface area contributed by atoms with Crippen molar-refractivity contribution in [2.75, 3.05) is 0 Å². The summed E-state index contributed by atoms with van der Waals surface area (Å²) in [5.41, 5.74) is -4.47. The monoisotopic (exact) mass is 290 g/mol. The summed E-state index contributed by atoms with van der Waals surface area (Å²) in [5.74, 6) is -1.79. The van der Waals surface area contributed by atoms with Gasteiger partial charge in [0.25, 0.3) is 0 Å². The lowest BCUT2D eigenvalue weighted by atomic mass is 10.3. The maximum atomic E-state index is 12.8. The molecule has 0 fully saturated rings. The van der Waals surface area contributed by atoms with E-state index >= 15 is 0 Å². The van der Waals surface area contributed by atoms with Gasteiger partial charge in [0.2, 0.25) is 0 Å². The second-order valence-electron chi connectivity index (χ2n) is 2.28. The highest BCUT2D eigenvalue weighted by Crippen LogP contribution is 2.40. The Morgan fingerprint density at radius 3 is 2.29 bits per heavy atom. The number of alkyl halides is 3. The second-order valence-corrected chi connectivity index (χ2v) is 4.28. The molecule has 1 aromatic carbocycles. The minimum absolute atomic E-state index is 0.107. The lowest BCUT2D eigenvalue weighted by Gasteiger charge is -2.06. The van der Waals surface area contributed by atoms with Crippen LogP contribution in [0.1, 0.15) is 0 Å². The van der Waals surface area contributed by atoms with Gasteiger partial charge in [-0.15, -0.1) is 0 Å². The van der Waals surface area contributed by atoms with Crippen molar-refractivity contribution >= 4 is 27.7 Å². The largest absolute Gasteiger partial charge is 0.504 e. The first-order valence-electron chi connectivity index (χ1n) is 3.23. The van der Waals surface area contributed by atoms with E-state index in [1.54, 1.807) is 0 Å². The molecule has 0 saturated carbocycles. The maximum absolute atomic E-state index is 12.8. The molecule has 14 heavy (non-hydrogen) atoms. The molecule has 0 aliphatic rings. The molecule has 78 valence electrons. The van der Waals surface area contributed by atoms with E-state index in [-0.39, 0.29) is 9.37 Å². The minimum atomic E-state index is -4.47. The van der Waals surface area contributed by atoms with Crippen LogP contribution in [0.4, 0.5) is 17.6 Å². The molecule has 0 aromatic heterocycles. The van der Waals surface area contributed by atoms with E-state index in [1.165, 1.54) is 0 Å². The van der Waals surface area contributed by atoms with Gasteiger partial charge in [0.05, 0.1) is 4.47 Å². The molecular formula is C7H3BrF4OS. The summed E-state index contributed by atoms with van der Waals surface area (Å²) in [5, 5.41) is 8.92. The Morgan fingerprint density at radius 2 is 1.86 bits per heavy atom. The predicted octanol–water partition coefficient (Wildman–Crippen LogP) is 3.91. The summed E-state index contributed by atoms with van der Waals surface area (Å²) in [4.78, 5) is -0.320. The van der Waals surface area contributed by atoms with Gasteiger partial charge in [0, 0.05) is 4.90 Å². The van der Waals surface area contributed by atoms with Crippen LogP contribution in [0.3, 0.4) is 0 Å². The summed E-state index contributed by atoms with van der Waals surface area (Å²) >= 11 is 2.29. The highest BCUT2D eigenvalue weighted by atomic mass is 79.9. The molecule has 0 aliphatic heterocycles. The fourth-order valence-corrected chi connectivity index (χ4v) is 1.93. The quantitative estimate of drug-likeness (QED) is 0.625. The summed E-state index contributed by atoms with van der Waals surface area (Å²) in [6.07, 6.45) is 0. The molecule has 0 aliphatic carbocycles. The molecule has 0 amide bonds. The van der Waals surface area contributed by atoms with Crippen LogP contribution in [0.2, 0.25) is 0 Å². The van der Waals surface area contributed by atoms with Crippen LogP contribution in [-0.2, 0) is 0 Å². The molecule has 1 aromatic rings. The third-order valence-corrected chi connectivity index (χ3v) is 2.53. The molecule has 0 radical (unpaired) electrons. The van der Waals surface area contributed by atoms with Gasteiger partial charge >= 0.3 is 5.51 Å². The van der Waals surface area contributed by atoms with Gasteiger partial charge in [-0.05, 0) is 39.8 Å².